The van der Waals surface area contributed by atoms with Crippen molar-refractivity contribution in [1.29, 1.82) is 0 Å². The van der Waals surface area contributed by atoms with Crippen LogP contribution in [-0.2, 0) is 29.7 Å². The molecule has 3 aromatic rings. The van der Waals surface area contributed by atoms with Crippen LogP contribution in [0.4, 0.5) is 55.8 Å². The molecule has 1 aromatic heterocycles. The van der Waals surface area contributed by atoms with Crippen molar-refractivity contribution in [3.8, 4) is 0 Å². The molecule has 1 N–H and O–H groups in total. The Morgan fingerprint density at radius 1 is 0.909 bits per heavy atom. The van der Waals surface area contributed by atoms with E-state index in [-0.39, 0.29) is 47.1 Å². The lowest BCUT2D eigenvalue weighted by molar-refractivity contribution is -0.143. The third-order valence-corrected chi connectivity index (χ3v) is 7.07. The average molecular weight is 655 g/mol. The van der Waals surface area contributed by atoms with Gasteiger partial charge >= 0.3 is 24.6 Å². The molecule has 44 heavy (non-hydrogen) atoms. The Bertz CT molecular complexity index is 1490. The topological polar surface area (TPSA) is 67.3 Å². The van der Waals surface area contributed by atoms with E-state index in [0.717, 1.165) is 18.2 Å². The number of amides is 1. The third kappa shape index (κ3) is 7.48. The number of nitrogens with one attached hydrogen (secondary N) is 1. The zero-order chi connectivity index (χ0) is 32.6. The van der Waals surface area contributed by atoms with E-state index in [4.69, 9.17) is 16.3 Å². The predicted octanol–water partition coefficient (Wildman–Crippen LogP) is 9.08. The number of anilines is 2. The van der Waals surface area contributed by atoms with E-state index in [0.29, 0.717) is 18.6 Å². The van der Waals surface area contributed by atoms with Gasteiger partial charge in [-0.05, 0) is 67.3 Å². The molecule has 2 aromatic carbocycles. The summed E-state index contributed by atoms with van der Waals surface area (Å²) in [5.41, 5.74) is -4.15. The first kappa shape index (κ1) is 33.1. The standard InChI is InChI=1S/C28H24ClF9N4O2/c1-3-18-12-20(19-11-15(26(30,31)32)5-6-21(19)42(18)25(43)44-4-2)39-24-13-22(29)40-23(41-24)9-14-7-16(27(33,34)35)10-17(8-14)28(36,37)38/h5-8,10-11,13,18,20H,3-4,9,12H2,1-2H3,(H,39,40,41)/t18-,20+/m1/s1. The van der Waals surface area contributed by atoms with Crippen molar-refractivity contribution < 1.29 is 49.0 Å². The molecule has 1 amide bonds. The van der Waals surface area contributed by atoms with Crippen LogP contribution in [0.3, 0.4) is 0 Å². The molecule has 0 bridgehead atoms. The van der Waals surface area contributed by atoms with E-state index in [1.165, 1.54) is 11.0 Å². The minimum Gasteiger partial charge on any atom is -0.449 e. The summed E-state index contributed by atoms with van der Waals surface area (Å²) in [6.07, 6.45) is -15.7. The van der Waals surface area contributed by atoms with Crippen LogP contribution in [0.5, 0.6) is 0 Å². The quantitative estimate of drug-likeness (QED) is 0.212. The lowest BCUT2D eigenvalue weighted by Gasteiger charge is -2.40. The number of carbonyl (C=O) groups is 1. The van der Waals surface area contributed by atoms with E-state index < -0.39 is 65.4 Å². The summed E-state index contributed by atoms with van der Waals surface area (Å²) < 4.78 is 126. The number of alkyl halides is 9. The predicted molar refractivity (Wildman–Crippen MR) is 142 cm³/mol. The van der Waals surface area contributed by atoms with Crippen LogP contribution in [0, 0.1) is 0 Å². The van der Waals surface area contributed by atoms with E-state index in [1.807, 2.05) is 0 Å². The number of carbonyl (C=O) groups excluding carboxylic acids is 1. The molecule has 1 aliphatic heterocycles. The molecule has 0 aliphatic carbocycles. The molecule has 0 saturated heterocycles. The van der Waals surface area contributed by atoms with Crippen LogP contribution < -0.4 is 10.2 Å². The maximum atomic E-state index is 13.6. The minimum absolute atomic E-state index is 0.00519. The number of aromatic nitrogens is 2. The molecule has 4 rings (SSSR count). The Labute approximate surface area is 250 Å². The molecule has 0 unspecified atom stereocenters. The van der Waals surface area contributed by atoms with Crippen LogP contribution in [0.2, 0.25) is 5.15 Å². The second kappa shape index (κ2) is 12.3. The zero-order valence-corrected chi connectivity index (χ0v) is 23.7. The largest absolute Gasteiger partial charge is 0.449 e. The first-order valence-corrected chi connectivity index (χ1v) is 13.5. The van der Waals surface area contributed by atoms with Crippen molar-refractivity contribution in [2.45, 2.75) is 63.7 Å². The number of halogens is 10. The highest BCUT2D eigenvalue weighted by Gasteiger charge is 2.40. The number of ether oxygens (including phenoxy) is 1. The number of nitrogens with zero attached hydrogens (tertiary/aromatic N) is 3. The molecular formula is C28H24ClF9N4O2. The number of rotatable bonds is 6. The van der Waals surface area contributed by atoms with Crippen LogP contribution in [0.1, 0.15) is 66.4 Å². The van der Waals surface area contributed by atoms with Crippen LogP contribution in [0.25, 0.3) is 0 Å². The summed E-state index contributed by atoms with van der Waals surface area (Å²) in [5.74, 6) is -0.288. The van der Waals surface area contributed by atoms with Crippen molar-refractivity contribution in [3.05, 3.63) is 81.3 Å². The van der Waals surface area contributed by atoms with Crippen molar-refractivity contribution >= 4 is 29.2 Å². The van der Waals surface area contributed by atoms with Crippen molar-refractivity contribution in [2.75, 3.05) is 16.8 Å². The molecule has 6 nitrogen and oxygen atoms in total. The van der Waals surface area contributed by atoms with Crippen molar-refractivity contribution in [3.63, 3.8) is 0 Å². The van der Waals surface area contributed by atoms with E-state index >= 15 is 0 Å². The fraction of sp³-hybridized carbons (Fsp3) is 0.393. The first-order chi connectivity index (χ1) is 20.4. The van der Waals surface area contributed by atoms with Gasteiger partial charge in [0.25, 0.3) is 0 Å². The molecular weight excluding hydrogens is 631 g/mol. The van der Waals surface area contributed by atoms with Crippen LogP contribution >= 0.6 is 11.6 Å². The minimum atomic E-state index is -5.06. The highest BCUT2D eigenvalue weighted by molar-refractivity contribution is 6.29. The monoisotopic (exact) mass is 654 g/mol. The Balaban J connectivity index is 1.73. The number of hydrogen-bond acceptors (Lipinski definition) is 5. The first-order valence-electron chi connectivity index (χ1n) is 13.2. The fourth-order valence-electron chi connectivity index (χ4n) is 4.96. The second-order valence-corrected chi connectivity index (χ2v) is 10.3. The number of fused-ring (bicyclic) bond motifs is 1. The average Bonchev–Trinajstić information content (AvgIpc) is 2.90. The summed E-state index contributed by atoms with van der Waals surface area (Å²) in [6, 6.07) is 3.79. The summed E-state index contributed by atoms with van der Waals surface area (Å²) in [6.45, 7) is 3.38. The van der Waals surface area contributed by atoms with E-state index in [1.54, 1.807) is 13.8 Å². The molecule has 1 aliphatic rings. The summed E-state index contributed by atoms with van der Waals surface area (Å²) >= 11 is 6.11. The molecule has 0 saturated carbocycles. The lowest BCUT2D eigenvalue weighted by atomic mass is 9.88. The Morgan fingerprint density at radius 3 is 2.07 bits per heavy atom. The van der Waals surface area contributed by atoms with Crippen LogP contribution in [-0.4, -0.2) is 28.7 Å². The molecule has 0 radical (unpaired) electrons. The maximum Gasteiger partial charge on any atom is 0.416 e. The zero-order valence-electron chi connectivity index (χ0n) is 23.0. The van der Waals surface area contributed by atoms with Crippen LogP contribution in [0.15, 0.2) is 42.5 Å². The van der Waals surface area contributed by atoms with Gasteiger partial charge in [0.15, 0.2) is 0 Å². The Hall–Kier alpha value is -3.75. The Morgan fingerprint density at radius 2 is 1.52 bits per heavy atom. The van der Waals surface area contributed by atoms with Crippen molar-refractivity contribution in [1.82, 2.24) is 9.97 Å². The van der Waals surface area contributed by atoms with Gasteiger partial charge in [0.2, 0.25) is 0 Å². The van der Waals surface area contributed by atoms with Gasteiger partial charge < -0.3 is 10.1 Å². The molecule has 238 valence electrons. The van der Waals surface area contributed by atoms with Gasteiger partial charge in [0.05, 0.1) is 35.0 Å². The molecule has 0 spiro atoms. The van der Waals surface area contributed by atoms with Gasteiger partial charge in [-0.3, -0.25) is 4.90 Å². The normalized spacial score (nSPS) is 17.3. The smallest absolute Gasteiger partial charge is 0.416 e. The van der Waals surface area contributed by atoms with E-state index in [2.05, 4.69) is 15.3 Å². The summed E-state index contributed by atoms with van der Waals surface area (Å²) in [5, 5.41) is 2.75. The second-order valence-electron chi connectivity index (χ2n) is 9.92. The number of hydrogen-bond donors (Lipinski definition) is 1. The Kier molecular flexibility index (Phi) is 9.29. The molecule has 16 heteroatoms. The lowest BCUT2D eigenvalue weighted by Crippen LogP contribution is -2.46. The highest BCUT2D eigenvalue weighted by atomic mass is 35.5. The van der Waals surface area contributed by atoms with Crippen molar-refractivity contribution in [2.24, 2.45) is 0 Å². The highest BCUT2D eigenvalue weighted by Crippen LogP contribution is 2.43. The third-order valence-electron chi connectivity index (χ3n) is 6.87. The maximum absolute atomic E-state index is 13.6. The molecule has 2 atom stereocenters. The SMILES string of the molecule is CCOC(=O)N1c2ccc(C(F)(F)F)cc2[C@@H](Nc2cc(Cl)nc(Cc3cc(C(F)(F)F)cc(C(F)(F)F)c3)n2)C[C@H]1CC. The molecule has 0 fully saturated rings. The van der Waals surface area contributed by atoms with Gasteiger partial charge in [-0.25, -0.2) is 14.8 Å². The number of benzene rings is 2. The van der Waals surface area contributed by atoms with Gasteiger partial charge in [-0.15, -0.1) is 0 Å². The fourth-order valence-corrected chi connectivity index (χ4v) is 5.16. The van der Waals surface area contributed by atoms with Gasteiger partial charge in [-0.2, -0.15) is 39.5 Å². The van der Waals surface area contributed by atoms with E-state index in [9.17, 15) is 44.3 Å². The summed E-state index contributed by atoms with van der Waals surface area (Å²) in [7, 11) is 0. The molecule has 2 heterocycles. The van der Waals surface area contributed by atoms with Gasteiger partial charge in [0.1, 0.15) is 16.8 Å². The van der Waals surface area contributed by atoms with Gasteiger partial charge in [0, 0.05) is 18.5 Å². The summed E-state index contributed by atoms with van der Waals surface area (Å²) in [4.78, 5) is 22.2. The van der Waals surface area contributed by atoms with Gasteiger partial charge in [-0.1, -0.05) is 18.5 Å².